The predicted octanol–water partition coefficient (Wildman–Crippen LogP) is 4.54. The van der Waals surface area contributed by atoms with E-state index in [0.29, 0.717) is 5.75 Å². The van der Waals surface area contributed by atoms with Crippen LogP contribution in [0.3, 0.4) is 0 Å². The van der Waals surface area contributed by atoms with Crippen LogP contribution in [0.25, 0.3) is 11.1 Å². The molecular formula is C22H19FO5. The van der Waals surface area contributed by atoms with Crippen LogP contribution in [0.2, 0.25) is 0 Å². The Balaban J connectivity index is 1.66. The van der Waals surface area contributed by atoms with Crippen LogP contribution in [0.5, 0.6) is 17.2 Å². The molecule has 0 bridgehead atoms. The van der Waals surface area contributed by atoms with Crippen molar-refractivity contribution in [2.45, 2.75) is 6.61 Å². The molecule has 0 spiro atoms. The van der Waals surface area contributed by atoms with Gasteiger partial charge in [-0.15, -0.1) is 0 Å². The van der Waals surface area contributed by atoms with Crippen molar-refractivity contribution in [3.63, 3.8) is 0 Å². The minimum absolute atomic E-state index is 0.128. The molecule has 0 aliphatic rings. The first-order valence-corrected chi connectivity index (χ1v) is 8.55. The van der Waals surface area contributed by atoms with E-state index in [4.69, 9.17) is 19.3 Å². The van der Waals surface area contributed by atoms with Gasteiger partial charge in [-0.1, -0.05) is 30.3 Å². The number of carbonyl (C=O) groups is 1. The van der Waals surface area contributed by atoms with E-state index in [1.54, 1.807) is 7.11 Å². The summed E-state index contributed by atoms with van der Waals surface area (Å²) in [7, 11) is 1.63. The number of hydrogen-bond acceptors (Lipinski definition) is 4. The van der Waals surface area contributed by atoms with E-state index < -0.39 is 18.4 Å². The molecule has 0 radical (unpaired) electrons. The van der Waals surface area contributed by atoms with Crippen molar-refractivity contribution in [3.05, 3.63) is 78.1 Å². The molecule has 5 nitrogen and oxygen atoms in total. The molecule has 3 aromatic carbocycles. The van der Waals surface area contributed by atoms with Gasteiger partial charge in [0.1, 0.15) is 18.1 Å². The first-order valence-electron chi connectivity index (χ1n) is 8.55. The van der Waals surface area contributed by atoms with Crippen LogP contribution in [-0.4, -0.2) is 24.8 Å². The highest BCUT2D eigenvalue weighted by molar-refractivity contribution is 5.68. The van der Waals surface area contributed by atoms with E-state index in [1.165, 1.54) is 18.2 Å². The number of aliphatic carboxylic acids is 1. The lowest BCUT2D eigenvalue weighted by Crippen LogP contribution is -2.10. The van der Waals surface area contributed by atoms with Gasteiger partial charge in [0.2, 0.25) is 0 Å². The highest BCUT2D eigenvalue weighted by Crippen LogP contribution is 2.25. The van der Waals surface area contributed by atoms with Gasteiger partial charge < -0.3 is 19.3 Å². The zero-order chi connectivity index (χ0) is 19.9. The number of carboxylic acids is 1. The van der Waals surface area contributed by atoms with Crippen molar-refractivity contribution in [2.24, 2.45) is 0 Å². The van der Waals surface area contributed by atoms with Crippen LogP contribution in [0.4, 0.5) is 4.39 Å². The Morgan fingerprint density at radius 3 is 2.36 bits per heavy atom. The standard InChI is InChI=1S/C22H19FO5/c1-26-18-7-5-16(6-8-18)17-4-2-3-15(11-17)13-27-19-9-10-21(20(23)12-19)28-14-22(24)25/h2-12H,13-14H2,1H3,(H,24,25). The van der Waals surface area contributed by atoms with Gasteiger partial charge in [0, 0.05) is 6.07 Å². The van der Waals surface area contributed by atoms with E-state index in [-0.39, 0.29) is 12.4 Å². The van der Waals surface area contributed by atoms with Gasteiger partial charge in [-0.2, -0.15) is 0 Å². The SMILES string of the molecule is COc1ccc(-c2cccc(COc3ccc(OCC(=O)O)c(F)c3)c2)cc1. The molecule has 0 fully saturated rings. The molecule has 28 heavy (non-hydrogen) atoms. The maximum absolute atomic E-state index is 14.0. The maximum atomic E-state index is 14.0. The average Bonchev–Trinajstić information content (AvgIpc) is 2.71. The summed E-state index contributed by atoms with van der Waals surface area (Å²) in [4.78, 5) is 10.5. The minimum atomic E-state index is -1.17. The largest absolute Gasteiger partial charge is 0.497 e. The highest BCUT2D eigenvalue weighted by Gasteiger charge is 2.08. The van der Waals surface area contributed by atoms with E-state index in [1.807, 2.05) is 48.5 Å². The Bertz CT molecular complexity index is 953. The first-order chi connectivity index (χ1) is 13.5. The van der Waals surface area contributed by atoms with Crippen LogP contribution < -0.4 is 14.2 Å². The number of methoxy groups -OCH3 is 1. The Morgan fingerprint density at radius 2 is 1.68 bits per heavy atom. The van der Waals surface area contributed by atoms with Crippen LogP contribution in [-0.2, 0) is 11.4 Å². The molecule has 0 saturated heterocycles. The summed E-state index contributed by atoms with van der Waals surface area (Å²) in [5.41, 5.74) is 3.01. The number of rotatable bonds is 8. The molecule has 0 heterocycles. The molecule has 144 valence electrons. The van der Waals surface area contributed by atoms with Crippen molar-refractivity contribution in [1.29, 1.82) is 0 Å². The second-order valence-corrected chi connectivity index (χ2v) is 5.99. The fourth-order valence-corrected chi connectivity index (χ4v) is 2.62. The highest BCUT2D eigenvalue weighted by atomic mass is 19.1. The van der Waals surface area contributed by atoms with E-state index in [0.717, 1.165) is 22.4 Å². The summed E-state index contributed by atoms with van der Waals surface area (Å²) >= 11 is 0. The normalized spacial score (nSPS) is 10.4. The van der Waals surface area contributed by atoms with Crippen molar-refractivity contribution in [2.75, 3.05) is 13.7 Å². The molecule has 0 amide bonds. The predicted molar refractivity (Wildman–Crippen MR) is 102 cm³/mol. The molecule has 3 aromatic rings. The number of benzene rings is 3. The second kappa shape index (κ2) is 8.90. The Labute approximate surface area is 161 Å². The summed E-state index contributed by atoms with van der Waals surface area (Å²) in [6.45, 7) is -0.339. The fraction of sp³-hybridized carbons (Fsp3) is 0.136. The number of hydrogen-bond donors (Lipinski definition) is 1. The summed E-state index contributed by atoms with van der Waals surface area (Å²) in [6.07, 6.45) is 0. The Hall–Kier alpha value is -3.54. The first kappa shape index (κ1) is 19.2. The molecule has 0 aliphatic heterocycles. The molecule has 0 aromatic heterocycles. The zero-order valence-electron chi connectivity index (χ0n) is 15.2. The Morgan fingerprint density at radius 1 is 0.929 bits per heavy atom. The van der Waals surface area contributed by atoms with Gasteiger partial charge in [-0.3, -0.25) is 0 Å². The summed E-state index contributed by atoms with van der Waals surface area (Å²) in [6, 6.07) is 19.7. The smallest absolute Gasteiger partial charge is 0.341 e. The molecule has 1 N–H and O–H groups in total. The number of carboxylic acid groups (broad SMARTS) is 1. The Kier molecular flexibility index (Phi) is 6.11. The van der Waals surface area contributed by atoms with E-state index in [2.05, 4.69) is 0 Å². The third-order valence-electron chi connectivity index (χ3n) is 4.01. The van der Waals surface area contributed by atoms with Crippen molar-refractivity contribution < 1.29 is 28.5 Å². The average molecular weight is 382 g/mol. The quantitative estimate of drug-likeness (QED) is 0.619. The monoisotopic (exact) mass is 382 g/mol. The maximum Gasteiger partial charge on any atom is 0.341 e. The van der Waals surface area contributed by atoms with Gasteiger partial charge in [-0.25, -0.2) is 9.18 Å². The van der Waals surface area contributed by atoms with Crippen LogP contribution in [0.15, 0.2) is 66.7 Å². The third kappa shape index (κ3) is 5.01. The van der Waals surface area contributed by atoms with Gasteiger partial charge in [0.15, 0.2) is 18.2 Å². The van der Waals surface area contributed by atoms with Gasteiger partial charge >= 0.3 is 5.97 Å². The van der Waals surface area contributed by atoms with Crippen LogP contribution in [0.1, 0.15) is 5.56 Å². The summed E-state index contributed by atoms with van der Waals surface area (Å²) < 4.78 is 29.6. The van der Waals surface area contributed by atoms with Crippen LogP contribution in [0, 0.1) is 5.82 Å². The topological polar surface area (TPSA) is 65.0 Å². The zero-order valence-corrected chi connectivity index (χ0v) is 15.2. The molecule has 0 aliphatic carbocycles. The molecule has 0 saturated carbocycles. The minimum Gasteiger partial charge on any atom is -0.497 e. The lowest BCUT2D eigenvalue weighted by molar-refractivity contribution is -0.139. The van der Waals surface area contributed by atoms with Gasteiger partial charge in [0.05, 0.1) is 7.11 Å². The molecular weight excluding hydrogens is 363 g/mol. The molecule has 6 heteroatoms. The molecule has 3 rings (SSSR count). The van der Waals surface area contributed by atoms with Crippen LogP contribution >= 0.6 is 0 Å². The fourth-order valence-electron chi connectivity index (χ4n) is 2.62. The van der Waals surface area contributed by atoms with Crippen molar-refractivity contribution >= 4 is 5.97 Å². The number of halogens is 1. The number of ether oxygens (including phenoxy) is 3. The van der Waals surface area contributed by atoms with Crippen molar-refractivity contribution in [1.82, 2.24) is 0 Å². The van der Waals surface area contributed by atoms with Gasteiger partial charge in [-0.05, 0) is 47.0 Å². The lowest BCUT2D eigenvalue weighted by Gasteiger charge is -2.10. The van der Waals surface area contributed by atoms with Crippen molar-refractivity contribution in [3.8, 4) is 28.4 Å². The second-order valence-electron chi connectivity index (χ2n) is 5.99. The summed E-state index contributed by atoms with van der Waals surface area (Å²) in [5.74, 6) is -0.852. The summed E-state index contributed by atoms with van der Waals surface area (Å²) in [5, 5.41) is 8.58. The van der Waals surface area contributed by atoms with E-state index >= 15 is 0 Å². The molecule has 0 unspecified atom stereocenters. The third-order valence-corrected chi connectivity index (χ3v) is 4.01. The lowest BCUT2D eigenvalue weighted by atomic mass is 10.0. The van der Waals surface area contributed by atoms with Gasteiger partial charge in [0.25, 0.3) is 0 Å². The molecule has 0 atom stereocenters. The van der Waals surface area contributed by atoms with E-state index in [9.17, 15) is 9.18 Å².